The van der Waals surface area contributed by atoms with Crippen molar-refractivity contribution in [3.63, 3.8) is 0 Å². The van der Waals surface area contributed by atoms with E-state index in [9.17, 15) is 0 Å². The minimum absolute atomic E-state index is 0.887. The van der Waals surface area contributed by atoms with Gasteiger partial charge in [0.2, 0.25) is 0 Å². The van der Waals surface area contributed by atoms with Crippen LogP contribution in [0.15, 0.2) is 223 Å². The van der Waals surface area contributed by atoms with Crippen molar-refractivity contribution in [3.8, 4) is 55.9 Å². The lowest BCUT2D eigenvalue weighted by Gasteiger charge is -2.17. The number of fused-ring (bicyclic) bond motifs is 8. The number of hydrogen-bond donors (Lipinski definition) is 0. The molecule has 3 aromatic heterocycles. The maximum atomic E-state index is 6.60. The van der Waals surface area contributed by atoms with E-state index in [0.717, 1.165) is 55.4 Å². The Morgan fingerprint density at radius 2 is 0.712 bits per heavy atom. The predicted molar refractivity (Wildman–Crippen MR) is 247 cm³/mol. The zero-order chi connectivity index (χ0) is 38.9. The largest absolute Gasteiger partial charge is 0.454 e. The molecule has 3 heterocycles. The van der Waals surface area contributed by atoms with Crippen LogP contribution in [0.2, 0.25) is 0 Å². The third-order valence-electron chi connectivity index (χ3n) is 12.0. The monoisotopic (exact) mass is 752 g/mol. The molecule has 0 N–H and O–H groups in total. The smallest absolute Gasteiger partial charge is 0.161 e. The lowest BCUT2D eigenvalue weighted by Crippen LogP contribution is -2.03. The second-order valence-corrected chi connectivity index (χ2v) is 15.2. The molecule has 0 unspecified atom stereocenters. The van der Waals surface area contributed by atoms with E-state index in [1.165, 1.54) is 55.3 Å². The van der Waals surface area contributed by atoms with E-state index in [-0.39, 0.29) is 0 Å². The Hall–Kier alpha value is -7.88. The summed E-state index contributed by atoms with van der Waals surface area (Å²) in [7, 11) is 0. The van der Waals surface area contributed by atoms with Gasteiger partial charge in [-0.1, -0.05) is 158 Å². The van der Waals surface area contributed by atoms with Gasteiger partial charge in [-0.2, -0.15) is 0 Å². The molecule has 0 aliphatic carbocycles. The van der Waals surface area contributed by atoms with E-state index in [4.69, 9.17) is 4.42 Å². The average Bonchev–Trinajstić information content (AvgIpc) is 3.96. The highest BCUT2D eigenvalue weighted by molar-refractivity contribution is 6.17. The number of rotatable bonds is 6. The van der Waals surface area contributed by atoms with Gasteiger partial charge in [0.15, 0.2) is 5.58 Å². The molecular formula is C56H36N2O. The highest BCUT2D eigenvalue weighted by atomic mass is 16.3. The lowest BCUT2D eigenvalue weighted by molar-refractivity contribution is 0.673. The molecule has 0 bridgehead atoms. The van der Waals surface area contributed by atoms with Gasteiger partial charge in [0.25, 0.3) is 0 Å². The second kappa shape index (κ2) is 13.4. The Bertz CT molecular complexity index is 3400. The van der Waals surface area contributed by atoms with E-state index < -0.39 is 0 Å². The molecule has 0 spiro atoms. The summed E-state index contributed by atoms with van der Waals surface area (Å²) in [4.78, 5) is 0. The normalized spacial score (nSPS) is 11.7. The first-order chi connectivity index (χ1) is 29.3. The Morgan fingerprint density at radius 3 is 1.29 bits per heavy atom. The van der Waals surface area contributed by atoms with Crippen LogP contribution >= 0.6 is 0 Å². The van der Waals surface area contributed by atoms with Gasteiger partial charge in [-0.05, 0) is 105 Å². The topological polar surface area (TPSA) is 23.0 Å². The van der Waals surface area contributed by atoms with E-state index in [1.807, 2.05) is 6.07 Å². The van der Waals surface area contributed by atoms with Gasteiger partial charge in [-0.25, -0.2) is 0 Å². The van der Waals surface area contributed by atoms with Crippen LogP contribution in [-0.4, -0.2) is 9.13 Å². The molecule has 0 saturated heterocycles. The second-order valence-electron chi connectivity index (χ2n) is 15.2. The molecule has 0 aliphatic heterocycles. The highest BCUT2D eigenvalue weighted by Gasteiger charge is 2.23. The van der Waals surface area contributed by atoms with Crippen molar-refractivity contribution in [2.75, 3.05) is 0 Å². The molecule has 0 amide bonds. The van der Waals surface area contributed by atoms with Crippen LogP contribution in [0.4, 0.5) is 0 Å². The van der Waals surface area contributed by atoms with Gasteiger partial charge >= 0.3 is 0 Å². The van der Waals surface area contributed by atoms with Crippen molar-refractivity contribution in [2.45, 2.75) is 0 Å². The van der Waals surface area contributed by atoms with Crippen molar-refractivity contribution in [1.29, 1.82) is 0 Å². The SMILES string of the molecule is c1ccc(-c2ccccc2-c2ccc3c(c2)c2cc(-c4ccccc4-c4ccccc4)ccc2n3-c2ccccc2-n2c3ccccc3c3oc4ccccc4c32)cc1. The van der Waals surface area contributed by atoms with E-state index in [1.54, 1.807) is 0 Å². The maximum Gasteiger partial charge on any atom is 0.161 e. The number of hydrogen-bond acceptors (Lipinski definition) is 1. The van der Waals surface area contributed by atoms with Crippen molar-refractivity contribution < 1.29 is 4.42 Å². The molecule has 3 heteroatoms. The summed E-state index contributed by atoms with van der Waals surface area (Å²) in [5, 5.41) is 4.59. The Morgan fingerprint density at radius 1 is 0.288 bits per heavy atom. The molecule has 0 aliphatic rings. The van der Waals surface area contributed by atoms with Gasteiger partial charge in [-0.3, -0.25) is 0 Å². The molecule has 0 radical (unpaired) electrons. The molecule has 59 heavy (non-hydrogen) atoms. The van der Waals surface area contributed by atoms with Gasteiger partial charge in [0, 0.05) is 21.5 Å². The minimum atomic E-state index is 0.887. The Balaban J connectivity index is 1.15. The number of nitrogens with zero attached hydrogens (tertiary/aromatic N) is 2. The van der Waals surface area contributed by atoms with Crippen molar-refractivity contribution >= 4 is 54.8 Å². The van der Waals surface area contributed by atoms with Crippen molar-refractivity contribution in [3.05, 3.63) is 218 Å². The Kier molecular flexibility index (Phi) is 7.54. The van der Waals surface area contributed by atoms with Gasteiger partial charge in [-0.15, -0.1) is 0 Å². The molecule has 0 fully saturated rings. The summed E-state index contributed by atoms with van der Waals surface area (Å²) >= 11 is 0. The molecule has 0 atom stereocenters. The molecular weight excluding hydrogens is 717 g/mol. The molecule has 0 saturated carbocycles. The van der Waals surface area contributed by atoms with E-state index in [0.29, 0.717) is 0 Å². The summed E-state index contributed by atoms with van der Waals surface area (Å²) in [6.07, 6.45) is 0. The summed E-state index contributed by atoms with van der Waals surface area (Å²) in [5.41, 5.74) is 18.1. The fourth-order valence-corrected chi connectivity index (χ4v) is 9.34. The van der Waals surface area contributed by atoms with E-state index >= 15 is 0 Å². The number of benzene rings is 9. The van der Waals surface area contributed by atoms with Crippen LogP contribution in [0.3, 0.4) is 0 Å². The first-order valence-corrected chi connectivity index (χ1v) is 20.2. The fourth-order valence-electron chi connectivity index (χ4n) is 9.34. The first kappa shape index (κ1) is 33.3. The average molecular weight is 753 g/mol. The first-order valence-electron chi connectivity index (χ1n) is 20.2. The number of furan rings is 1. The zero-order valence-electron chi connectivity index (χ0n) is 32.1. The highest BCUT2D eigenvalue weighted by Crippen LogP contribution is 2.44. The number of aromatic nitrogens is 2. The molecule has 12 rings (SSSR count). The molecule has 276 valence electrons. The fraction of sp³-hybridized carbons (Fsp3) is 0. The van der Waals surface area contributed by atoms with Gasteiger partial charge in [0.05, 0.1) is 27.9 Å². The Labute approximate surface area is 341 Å². The van der Waals surface area contributed by atoms with Crippen molar-refractivity contribution in [1.82, 2.24) is 9.13 Å². The van der Waals surface area contributed by atoms with Crippen LogP contribution in [-0.2, 0) is 0 Å². The third kappa shape index (κ3) is 5.22. The van der Waals surface area contributed by atoms with Crippen LogP contribution in [0.5, 0.6) is 0 Å². The summed E-state index contributed by atoms with van der Waals surface area (Å²) < 4.78 is 11.5. The predicted octanol–water partition coefficient (Wildman–Crippen LogP) is 15.3. The number of para-hydroxylation sites is 4. The third-order valence-corrected chi connectivity index (χ3v) is 12.0. The van der Waals surface area contributed by atoms with Crippen molar-refractivity contribution in [2.24, 2.45) is 0 Å². The minimum Gasteiger partial charge on any atom is -0.454 e. The summed E-state index contributed by atoms with van der Waals surface area (Å²) in [6, 6.07) is 78.7. The maximum absolute atomic E-state index is 6.60. The zero-order valence-corrected chi connectivity index (χ0v) is 32.1. The lowest BCUT2D eigenvalue weighted by atomic mass is 9.92. The molecule has 9 aromatic carbocycles. The van der Waals surface area contributed by atoms with Crippen LogP contribution in [0.1, 0.15) is 0 Å². The van der Waals surface area contributed by atoms with E-state index in [2.05, 4.69) is 221 Å². The van der Waals surface area contributed by atoms with Gasteiger partial charge < -0.3 is 13.6 Å². The van der Waals surface area contributed by atoms with Crippen LogP contribution in [0.25, 0.3) is 111 Å². The van der Waals surface area contributed by atoms with Crippen LogP contribution < -0.4 is 0 Å². The molecule has 12 aromatic rings. The summed E-state index contributed by atoms with van der Waals surface area (Å²) in [6.45, 7) is 0. The molecule has 3 nitrogen and oxygen atoms in total. The van der Waals surface area contributed by atoms with Gasteiger partial charge in [0.1, 0.15) is 11.1 Å². The standard InChI is InChI=1S/C56H36N2O/c1-3-17-37(18-4-1)41-21-7-9-23-43(41)39-31-33-50-47(35-39)48-36-40(44-24-10-8-22-42(44)38-19-5-2-6-20-38)32-34-51(48)57(50)52-28-14-15-29-53(52)58-49-27-13-11-25-45(49)56-55(58)46-26-12-16-30-54(46)59-56/h1-36H. The quantitative estimate of drug-likeness (QED) is 0.166. The van der Waals surface area contributed by atoms with Crippen LogP contribution in [0, 0.1) is 0 Å². The summed E-state index contributed by atoms with van der Waals surface area (Å²) in [5.74, 6) is 0.